The molecule has 4 aromatic rings. The second-order valence-corrected chi connectivity index (χ2v) is 7.17. The van der Waals surface area contributed by atoms with E-state index < -0.39 is 11.8 Å². The van der Waals surface area contributed by atoms with Crippen LogP contribution in [-0.4, -0.2) is 30.5 Å². The molecule has 0 aliphatic carbocycles. The van der Waals surface area contributed by atoms with Crippen LogP contribution in [0.25, 0.3) is 10.9 Å². The van der Waals surface area contributed by atoms with Crippen molar-refractivity contribution < 1.29 is 28.2 Å². The van der Waals surface area contributed by atoms with Crippen molar-refractivity contribution in [1.82, 2.24) is 4.98 Å². The molecule has 0 radical (unpaired) electrons. The lowest BCUT2D eigenvalue weighted by atomic mass is 10.1. The number of hydrogen-bond acceptors (Lipinski definition) is 6. The smallest absolute Gasteiger partial charge is 0.356 e. The van der Waals surface area contributed by atoms with Gasteiger partial charge in [0.05, 0.1) is 12.6 Å². The summed E-state index contributed by atoms with van der Waals surface area (Å²) in [6, 6.07) is 21.7. The van der Waals surface area contributed by atoms with Crippen LogP contribution in [-0.2, 0) is 11.3 Å². The zero-order valence-corrected chi connectivity index (χ0v) is 17.8. The molecule has 4 rings (SSSR count). The van der Waals surface area contributed by atoms with E-state index in [4.69, 9.17) is 14.2 Å². The summed E-state index contributed by atoms with van der Waals surface area (Å²) in [6.07, 6.45) is 0. The number of nitrogens with zero attached hydrogens (tertiary/aromatic N) is 1. The van der Waals surface area contributed by atoms with Gasteiger partial charge in [-0.1, -0.05) is 30.3 Å². The first kappa shape index (κ1) is 22.0. The molecule has 0 spiro atoms. The molecule has 0 aliphatic heterocycles. The van der Waals surface area contributed by atoms with Gasteiger partial charge in [0, 0.05) is 17.0 Å². The van der Waals surface area contributed by atoms with E-state index in [2.05, 4.69) is 4.98 Å². The third-order valence-electron chi connectivity index (χ3n) is 4.91. The minimum absolute atomic E-state index is 0.000949. The Morgan fingerprint density at radius 3 is 2.39 bits per heavy atom. The minimum atomic E-state index is -0.663. The van der Waals surface area contributed by atoms with E-state index in [0.717, 1.165) is 5.56 Å². The van der Waals surface area contributed by atoms with Crippen LogP contribution in [0.3, 0.4) is 0 Å². The van der Waals surface area contributed by atoms with Gasteiger partial charge < -0.3 is 14.2 Å². The average molecular weight is 445 g/mol. The number of esters is 1. The number of halogens is 1. The molecule has 0 amide bonds. The second-order valence-electron chi connectivity index (χ2n) is 7.17. The second kappa shape index (κ2) is 9.91. The maximum absolute atomic E-state index is 13.8. The van der Waals surface area contributed by atoms with Gasteiger partial charge in [0.25, 0.3) is 0 Å². The monoisotopic (exact) mass is 445 g/mol. The molecule has 7 heteroatoms. The van der Waals surface area contributed by atoms with Crippen molar-refractivity contribution in [3.63, 3.8) is 0 Å². The van der Waals surface area contributed by atoms with Gasteiger partial charge in [-0.25, -0.2) is 14.2 Å². The van der Waals surface area contributed by atoms with Crippen LogP contribution in [0.2, 0.25) is 0 Å². The third kappa shape index (κ3) is 5.33. The van der Waals surface area contributed by atoms with Crippen molar-refractivity contribution in [3.05, 3.63) is 102 Å². The van der Waals surface area contributed by atoms with Crippen LogP contribution in [0.15, 0.2) is 78.9 Å². The van der Waals surface area contributed by atoms with E-state index in [-0.39, 0.29) is 23.8 Å². The number of rotatable bonds is 8. The number of Topliss-reactive ketones (excluding diaryl/α,β-unsaturated/α-hetero) is 1. The summed E-state index contributed by atoms with van der Waals surface area (Å²) in [5.74, 6) is -0.641. The fourth-order valence-corrected chi connectivity index (χ4v) is 3.20. The Morgan fingerprint density at radius 2 is 1.67 bits per heavy atom. The lowest BCUT2D eigenvalue weighted by molar-refractivity contribution is 0.0594. The van der Waals surface area contributed by atoms with E-state index in [1.165, 1.54) is 31.4 Å². The first-order valence-electron chi connectivity index (χ1n) is 10.1. The molecule has 6 nitrogen and oxygen atoms in total. The Morgan fingerprint density at radius 1 is 0.909 bits per heavy atom. The molecule has 0 N–H and O–H groups in total. The average Bonchev–Trinajstić information content (AvgIpc) is 2.86. The van der Waals surface area contributed by atoms with Gasteiger partial charge in [-0.2, -0.15) is 0 Å². The summed E-state index contributed by atoms with van der Waals surface area (Å²) < 4.78 is 29.9. The molecule has 166 valence electrons. The number of carbonyl (C=O) groups is 2. The highest BCUT2D eigenvalue weighted by Gasteiger charge is 2.16. The zero-order chi connectivity index (χ0) is 23.2. The first-order valence-corrected chi connectivity index (χ1v) is 10.1. The van der Waals surface area contributed by atoms with E-state index >= 15 is 0 Å². The lowest BCUT2D eigenvalue weighted by Crippen LogP contribution is -2.13. The summed E-state index contributed by atoms with van der Waals surface area (Å²) in [7, 11) is 1.23. The highest BCUT2D eigenvalue weighted by molar-refractivity contribution is 5.98. The van der Waals surface area contributed by atoms with Crippen molar-refractivity contribution in [2.75, 3.05) is 13.7 Å². The Hall–Kier alpha value is -4.26. The molecule has 1 heterocycles. The number of aromatic nitrogens is 1. The molecular weight excluding hydrogens is 425 g/mol. The highest BCUT2D eigenvalue weighted by atomic mass is 19.1. The van der Waals surface area contributed by atoms with Gasteiger partial charge in [0.1, 0.15) is 23.9 Å². The molecule has 33 heavy (non-hydrogen) atoms. The van der Waals surface area contributed by atoms with Crippen LogP contribution in [0.5, 0.6) is 11.5 Å². The number of carbonyl (C=O) groups excluding carboxylic acids is 2. The van der Waals surface area contributed by atoms with Crippen molar-refractivity contribution in [2.45, 2.75) is 6.61 Å². The highest BCUT2D eigenvalue weighted by Crippen LogP contribution is 2.27. The van der Waals surface area contributed by atoms with Gasteiger partial charge in [-0.15, -0.1) is 0 Å². The molecule has 0 bridgehead atoms. The molecule has 0 saturated heterocycles. The summed E-state index contributed by atoms with van der Waals surface area (Å²) >= 11 is 0. The molecule has 0 aliphatic rings. The summed E-state index contributed by atoms with van der Waals surface area (Å²) in [5, 5.41) is 0.347. The van der Waals surface area contributed by atoms with Crippen LogP contribution in [0, 0.1) is 5.82 Å². The first-order chi connectivity index (χ1) is 16.0. The quantitative estimate of drug-likeness (QED) is 0.281. The Bertz CT molecular complexity index is 1290. The topological polar surface area (TPSA) is 74.7 Å². The maximum atomic E-state index is 13.8. The van der Waals surface area contributed by atoms with Crippen molar-refractivity contribution in [1.29, 1.82) is 0 Å². The number of ketones is 1. The van der Waals surface area contributed by atoms with E-state index in [9.17, 15) is 14.0 Å². The van der Waals surface area contributed by atoms with Gasteiger partial charge in [0.15, 0.2) is 18.1 Å². The van der Waals surface area contributed by atoms with Gasteiger partial charge in [0.2, 0.25) is 0 Å². The fraction of sp³-hybridized carbons (Fsp3) is 0.115. The lowest BCUT2D eigenvalue weighted by Gasteiger charge is -2.11. The number of ether oxygens (including phenoxy) is 3. The SMILES string of the molecule is COC(=O)c1cc(OCC(=O)c2ccc(OCc3ccccc3)cc2)c2cc(F)ccc2n1. The summed E-state index contributed by atoms with van der Waals surface area (Å²) in [4.78, 5) is 28.7. The van der Waals surface area contributed by atoms with Crippen LogP contribution in [0.4, 0.5) is 4.39 Å². The number of benzene rings is 3. The van der Waals surface area contributed by atoms with Crippen molar-refractivity contribution >= 4 is 22.7 Å². The maximum Gasteiger partial charge on any atom is 0.356 e. The minimum Gasteiger partial charge on any atom is -0.489 e. The largest absolute Gasteiger partial charge is 0.489 e. The standard InChI is InChI=1S/C26H20FNO5/c1-31-26(30)23-14-25(21-13-19(27)9-12-22(21)28-23)33-16-24(29)18-7-10-20(11-8-18)32-15-17-5-3-2-4-6-17/h2-14H,15-16H2,1H3. The molecule has 3 aromatic carbocycles. The Balaban J connectivity index is 1.46. The molecule has 0 fully saturated rings. The number of hydrogen-bond donors (Lipinski definition) is 0. The zero-order valence-electron chi connectivity index (χ0n) is 17.8. The Labute approximate surface area is 189 Å². The van der Waals surface area contributed by atoms with E-state index in [0.29, 0.717) is 28.8 Å². The number of pyridine rings is 1. The van der Waals surface area contributed by atoms with Crippen LogP contribution >= 0.6 is 0 Å². The van der Waals surface area contributed by atoms with Gasteiger partial charge in [-0.3, -0.25) is 4.79 Å². The molecule has 0 unspecified atom stereocenters. The predicted molar refractivity (Wildman–Crippen MR) is 120 cm³/mol. The normalized spacial score (nSPS) is 10.6. The number of fused-ring (bicyclic) bond motifs is 1. The molecule has 1 aromatic heterocycles. The van der Waals surface area contributed by atoms with Gasteiger partial charge in [-0.05, 0) is 48.0 Å². The number of methoxy groups -OCH3 is 1. The van der Waals surface area contributed by atoms with E-state index in [1.54, 1.807) is 24.3 Å². The fourth-order valence-electron chi connectivity index (χ4n) is 3.20. The van der Waals surface area contributed by atoms with Crippen molar-refractivity contribution in [3.8, 4) is 11.5 Å². The van der Waals surface area contributed by atoms with Crippen LogP contribution < -0.4 is 9.47 Å². The summed E-state index contributed by atoms with van der Waals surface area (Å²) in [5.41, 5.74) is 1.82. The van der Waals surface area contributed by atoms with Gasteiger partial charge >= 0.3 is 5.97 Å². The van der Waals surface area contributed by atoms with E-state index in [1.807, 2.05) is 30.3 Å². The predicted octanol–water partition coefficient (Wildman–Crippen LogP) is 5.00. The third-order valence-corrected chi connectivity index (χ3v) is 4.91. The Kier molecular flexibility index (Phi) is 6.59. The summed E-state index contributed by atoms with van der Waals surface area (Å²) in [6.45, 7) is 0.117. The molecule has 0 atom stereocenters. The van der Waals surface area contributed by atoms with Crippen molar-refractivity contribution in [2.24, 2.45) is 0 Å². The molecule has 0 saturated carbocycles. The van der Waals surface area contributed by atoms with Crippen LogP contribution in [0.1, 0.15) is 26.4 Å². The molecular formula is C26H20FNO5.